The lowest BCUT2D eigenvalue weighted by atomic mass is 10.1. The molecule has 0 saturated carbocycles. The number of aromatic nitrogens is 2. The summed E-state index contributed by atoms with van der Waals surface area (Å²) < 4.78 is 31.3. The molecule has 0 radical (unpaired) electrons. The predicted octanol–water partition coefficient (Wildman–Crippen LogP) is 3.86. The smallest absolute Gasteiger partial charge is 0.387 e. The van der Waals surface area contributed by atoms with E-state index in [1.807, 2.05) is 25.5 Å². The first-order valence-electron chi connectivity index (χ1n) is 7.56. The first kappa shape index (κ1) is 18.1. The Kier molecular flexibility index (Phi) is 6.08. The first-order chi connectivity index (χ1) is 11.4. The molecule has 0 aliphatic heterocycles. The van der Waals surface area contributed by atoms with Gasteiger partial charge in [-0.2, -0.15) is 13.9 Å². The fourth-order valence-electron chi connectivity index (χ4n) is 2.41. The fourth-order valence-corrected chi connectivity index (χ4v) is 2.69. The van der Waals surface area contributed by atoms with Crippen LogP contribution in [0.15, 0.2) is 30.5 Å². The van der Waals surface area contributed by atoms with Gasteiger partial charge in [-0.25, -0.2) is 0 Å². The van der Waals surface area contributed by atoms with E-state index >= 15 is 0 Å². The Labute approximate surface area is 145 Å². The zero-order valence-corrected chi connectivity index (χ0v) is 14.5. The SMILES string of the molecule is CCn1ncc(C(C)NC(=S)Nc2ccccc2OC(F)F)c1C. The van der Waals surface area contributed by atoms with E-state index in [9.17, 15) is 8.78 Å². The summed E-state index contributed by atoms with van der Waals surface area (Å²) in [6, 6.07) is 6.33. The van der Waals surface area contributed by atoms with Crippen LogP contribution in [0.4, 0.5) is 14.5 Å². The molecule has 24 heavy (non-hydrogen) atoms. The summed E-state index contributed by atoms with van der Waals surface area (Å²) in [6.45, 7) is 3.87. The summed E-state index contributed by atoms with van der Waals surface area (Å²) in [6.07, 6.45) is 1.80. The molecular weight excluding hydrogens is 334 g/mol. The van der Waals surface area contributed by atoms with E-state index in [0.717, 1.165) is 17.8 Å². The van der Waals surface area contributed by atoms with Gasteiger partial charge in [-0.3, -0.25) is 4.68 Å². The molecule has 0 aliphatic rings. The molecule has 0 bridgehead atoms. The lowest BCUT2D eigenvalue weighted by Crippen LogP contribution is -2.31. The monoisotopic (exact) mass is 354 g/mol. The molecule has 1 heterocycles. The molecule has 2 N–H and O–H groups in total. The number of ether oxygens (including phenoxy) is 1. The molecule has 8 heteroatoms. The average molecular weight is 354 g/mol. The third-order valence-corrected chi connectivity index (χ3v) is 3.83. The summed E-state index contributed by atoms with van der Waals surface area (Å²) in [5, 5.41) is 10.6. The van der Waals surface area contributed by atoms with Crippen LogP contribution >= 0.6 is 12.2 Å². The Morgan fingerprint density at radius 2 is 2.08 bits per heavy atom. The second-order valence-electron chi connectivity index (χ2n) is 5.20. The van der Waals surface area contributed by atoms with Crippen molar-refractivity contribution in [2.75, 3.05) is 5.32 Å². The maximum Gasteiger partial charge on any atom is 0.387 e. The van der Waals surface area contributed by atoms with Gasteiger partial charge in [0.1, 0.15) is 5.75 Å². The molecule has 5 nitrogen and oxygen atoms in total. The minimum absolute atomic E-state index is 0.0410. The topological polar surface area (TPSA) is 51.1 Å². The van der Waals surface area contributed by atoms with Gasteiger partial charge in [-0.05, 0) is 45.1 Å². The van der Waals surface area contributed by atoms with Crippen LogP contribution < -0.4 is 15.4 Å². The van der Waals surface area contributed by atoms with Gasteiger partial charge in [0.05, 0.1) is 17.9 Å². The highest BCUT2D eigenvalue weighted by Gasteiger charge is 2.15. The number of nitrogens with one attached hydrogen (secondary N) is 2. The van der Waals surface area contributed by atoms with E-state index in [2.05, 4.69) is 20.5 Å². The third kappa shape index (κ3) is 4.41. The van der Waals surface area contributed by atoms with E-state index in [1.165, 1.54) is 6.07 Å². The van der Waals surface area contributed by atoms with Crippen molar-refractivity contribution in [1.82, 2.24) is 15.1 Å². The van der Waals surface area contributed by atoms with Gasteiger partial charge in [-0.15, -0.1) is 0 Å². The second-order valence-corrected chi connectivity index (χ2v) is 5.60. The highest BCUT2D eigenvalue weighted by Crippen LogP contribution is 2.25. The van der Waals surface area contributed by atoms with Crippen molar-refractivity contribution in [3.63, 3.8) is 0 Å². The number of hydrogen-bond acceptors (Lipinski definition) is 3. The number of benzene rings is 1. The van der Waals surface area contributed by atoms with Crippen LogP contribution in [0, 0.1) is 6.92 Å². The number of nitrogens with zero attached hydrogens (tertiary/aromatic N) is 2. The quantitative estimate of drug-likeness (QED) is 0.772. The van der Waals surface area contributed by atoms with Crippen LogP contribution in [0.1, 0.15) is 31.1 Å². The molecule has 0 spiro atoms. The Balaban J connectivity index is 2.04. The number of rotatable bonds is 6. The minimum Gasteiger partial charge on any atom is -0.433 e. The second kappa shape index (κ2) is 8.05. The summed E-state index contributed by atoms with van der Waals surface area (Å²) >= 11 is 5.27. The molecule has 1 unspecified atom stereocenters. The Hall–Kier alpha value is -2.22. The van der Waals surface area contributed by atoms with Crippen molar-refractivity contribution in [1.29, 1.82) is 0 Å². The van der Waals surface area contributed by atoms with Crippen molar-refractivity contribution in [2.24, 2.45) is 0 Å². The molecule has 1 aromatic heterocycles. The van der Waals surface area contributed by atoms with Crippen molar-refractivity contribution in [2.45, 2.75) is 40.0 Å². The van der Waals surface area contributed by atoms with E-state index in [-0.39, 0.29) is 11.8 Å². The summed E-state index contributed by atoms with van der Waals surface area (Å²) in [4.78, 5) is 0. The van der Waals surface area contributed by atoms with Gasteiger partial charge >= 0.3 is 6.61 Å². The lowest BCUT2D eigenvalue weighted by molar-refractivity contribution is -0.0493. The highest BCUT2D eigenvalue weighted by atomic mass is 32.1. The summed E-state index contributed by atoms with van der Waals surface area (Å²) in [7, 11) is 0. The number of para-hydroxylation sites is 2. The maximum absolute atomic E-state index is 12.4. The molecule has 1 atom stereocenters. The van der Waals surface area contributed by atoms with Crippen LogP contribution in [-0.2, 0) is 6.54 Å². The third-order valence-electron chi connectivity index (χ3n) is 3.61. The Bertz CT molecular complexity index is 705. The summed E-state index contributed by atoms with van der Waals surface area (Å²) in [5.41, 5.74) is 2.46. The first-order valence-corrected chi connectivity index (χ1v) is 7.96. The van der Waals surface area contributed by atoms with Crippen molar-refractivity contribution >= 4 is 23.0 Å². The Morgan fingerprint density at radius 1 is 1.38 bits per heavy atom. The lowest BCUT2D eigenvalue weighted by Gasteiger charge is -2.18. The average Bonchev–Trinajstić information content (AvgIpc) is 2.89. The van der Waals surface area contributed by atoms with E-state index in [1.54, 1.807) is 24.4 Å². The van der Waals surface area contributed by atoms with Crippen LogP contribution in [0.3, 0.4) is 0 Å². The standard InChI is InChI=1S/C16H20F2N4OS/c1-4-22-11(3)12(9-19-22)10(2)20-16(24)21-13-7-5-6-8-14(13)23-15(17)18/h5-10,15H,4H2,1-3H3,(H2,20,21,24). The maximum atomic E-state index is 12.4. The van der Waals surface area contributed by atoms with E-state index in [0.29, 0.717) is 10.8 Å². The predicted molar refractivity (Wildman–Crippen MR) is 93.5 cm³/mol. The molecule has 0 saturated heterocycles. The van der Waals surface area contributed by atoms with Gasteiger partial charge in [0.15, 0.2) is 5.11 Å². The van der Waals surface area contributed by atoms with E-state index < -0.39 is 6.61 Å². The van der Waals surface area contributed by atoms with Crippen LogP contribution in [0.25, 0.3) is 0 Å². The van der Waals surface area contributed by atoms with Crippen LogP contribution in [-0.4, -0.2) is 21.5 Å². The molecule has 1 aromatic carbocycles. The largest absolute Gasteiger partial charge is 0.433 e. The van der Waals surface area contributed by atoms with Crippen molar-refractivity contribution < 1.29 is 13.5 Å². The normalized spacial score (nSPS) is 12.1. The van der Waals surface area contributed by atoms with Gasteiger partial charge in [0.2, 0.25) is 0 Å². The minimum atomic E-state index is -2.89. The molecule has 0 aliphatic carbocycles. The number of halogens is 2. The number of thiocarbonyl (C=S) groups is 1. The van der Waals surface area contributed by atoms with Crippen molar-refractivity contribution in [3.8, 4) is 5.75 Å². The van der Waals surface area contributed by atoms with Gasteiger partial charge < -0.3 is 15.4 Å². The fraction of sp³-hybridized carbons (Fsp3) is 0.375. The van der Waals surface area contributed by atoms with E-state index in [4.69, 9.17) is 12.2 Å². The molecule has 130 valence electrons. The van der Waals surface area contributed by atoms with Gasteiger partial charge in [-0.1, -0.05) is 12.1 Å². The van der Waals surface area contributed by atoms with Crippen LogP contribution in [0.5, 0.6) is 5.75 Å². The van der Waals surface area contributed by atoms with Crippen LogP contribution in [0.2, 0.25) is 0 Å². The molecule has 2 rings (SSSR count). The number of anilines is 1. The Morgan fingerprint density at radius 3 is 2.71 bits per heavy atom. The zero-order chi connectivity index (χ0) is 17.7. The number of hydrogen-bond donors (Lipinski definition) is 2. The molecule has 0 fully saturated rings. The number of aryl methyl sites for hydroxylation is 1. The highest BCUT2D eigenvalue weighted by molar-refractivity contribution is 7.80. The number of alkyl halides is 2. The van der Waals surface area contributed by atoms with Crippen molar-refractivity contribution in [3.05, 3.63) is 41.7 Å². The molecular formula is C16H20F2N4OS. The van der Waals surface area contributed by atoms with Gasteiger partial charge in [0.25, 0.3) is 0 Å². The zero-order valence-electron chi connectivity index (χ0n) is 13.7. The van der Waals surface area contributed by atoms with Gasteiger partial charge in [0, 0.05) is 17.8 Å². The summed E-state index contributed by atoms with van der Waals surface area (Å²) in [5.74, 6) is 0.0410. The molecule has 0 amide bonds. The molecule has 2 aromatic rings.